The van der Waals surface area contributed by atoms with E-state index in [0.717, 1.165) is 24.3 Å². The van der Waals surface area contributed by atoms with Crippen molar-refractivity contribution >= 4 is 11.6 Å². The summed E-state index contributed by atoms with van der Waals surface area (Å²) in [5.74, 6) is 0.570. The Balaban J connectivity index is 1.86. The highest BCUT2D eigenvalue weighted by molar-refractivity contribution is 6.17. The van der Waals surface area contributed by atoms with Crippen LogP contribution in [-0.4, -0.2) is 4.98 Å². The topological polar surface area (TPSA) is 24.9 Å². The van der Waals surface area contributed by atoms with Crippen LogP contribution in [-0.2, 0) is 19.0 Å². The van der Waals surface area contributed by atoms with Crippen molar-refractivity contribution in [2.24, 2.45) is 0 Å². The summed E-state index contributed by atoms with van der Waals surface area (Å²) in [6.45, 7) is 3.72. The van der Waals surface area contributed by atoms with Crippen molar-refractivity contribution in [3.63, 3.8) is 0 Å². The molecule has 0 saturated heterocycles. The summed E-state index contributed by atoms with van der Waals surface area (Å²) in [7, 11) is 0. The number of rotatable bonds is 5. The molecular weight excluding hydrogens is 244 g/mol. The number of aromatic nitrogens is 1. The third-order valence-electron chi connectivity index (χ3n) is 2.92. The summed E-state index contributed by atoms with van der Waals surface area (Å²) in [6.07, 6.45) is 1.83. The molecule has 1 aromatic carbocycles. The predicted molar refractivity (Wildman–Crippen MR) is 75.5 cm³/mol. The molecule has 2 aromatic rings. The number of nitrogens with zero attached hydrogens (tertiary/aromatic N) is 1. The molecule has 0 atom stereocenters. The number of benzene rings is 1. The molecule has 3 heteroatoms. The number of pyridine rings is 1. The lowest BCUT2D eigenvalue weighted by Crippen LogP contribution is -2.14. The van der Waals surface area contributed by atoms with Crippen LogP contribution in [0.4, 0.5) is 0 Å². The fraction of sp³-hybridized carbons (Fsp3) is 0.267. The van der Waals surface area contributed by atoms with Gasteiger partial charge in [0, 0.05) is 25.2 Å². The van der Waals surface area contributed by atoms with Gasteiger partial charge >= 0.3 is 0 Å². The molecule has 0 spiro atoms. The molecule has 0 radical (unpaired) electrons. The second kappa shape index (κ2) is 6.53. The average molecular weight is 261 g/mol. The van der Waals surface area contributed by atoms with E-state index in [1.54, 1.807) is 0 Å². The van der Waals surface area contributed by atoms with Gasteiger partial charge in [-0.1, -0.05) is 30.3 Å². The van der Waals surface area contributed by atoms with Gasteiger partial charge in [-0.05, 0) is 29.7 Å². The Hall–Kier alpha value is -1.38. The summed E-state index contributed by atoms with van der Waals surface area (Å²) in [4.78, 5) is 4.36. The van der Waals surface area contributed by atoms with Crippen LogP contribution in [0.15, 0.2) is 42.6 Å². The molecular formula is C15H17ClN2. The Bertz CT molecular complexity index is 494. The van der Waals surface area contributed by atoms with Gasteiger partial charge in [0.2, 0.25) is 0 Å². The first-order chi connectivity index (χ1) is 8.79. The minimum atomic E-state index is 0.570. The molecule has 1 aromatic heterocycles. The van der Waals surface area contributed by atoms with E-state index in [1.165, 1.54) is 11.1 Å². The summed E-state index contributed by atoms with van der Waals surface area (Å²) in [5.41, 5.74) is 4.75. The summed E-state index contributed by atoms with van der Waals surface area (Å²) in [6, 6.07) is 12.4. The lowest BCUT2D eigenvalue weighted by molar-refractivity contribution is 0.676. The van der Waals surface area contributed by atoms with Crippen LogP contribution in [0.3, 0.4) is 0 Å². The number of hydrogen-bond donors (Lipinski definition) is 1. The third kappa shape index (κ3) is 3.56. The molecule has 0 amide bonds. The first-order valence-corrected chi connectivity index (χ1v) is 6.58. The molecule has 1 N–H and O–H groups in total. The lowest BCUT2D eigenvalue weighted by atomic mass is 10.1. The molecule has 0 aliphatic rings. The fourth-order valence-corrected chi connectivity index (χ4v) is 1.95. The van der Waals surface area contributed by atoms with Gasteiger partial charge in [-0.15, -0.1) is 11.6 Å². The van der Waals surface area contributed by atoms with Gasteiger partial charge in [0.05, 0.1) is 5.69 Å². The largest absolute Gasteiger partial charge is 0.307 e. The first-order valence-electron chi connectivity index (χ1n) is 6.04. The fourth-order valence-electron chi connectivity index (χ4n) is 1.77. The number of aryl methyl sites for hydroxylation is 1. The van der Waals surface area contributed by atoms with E-state index in [2.05, 4.69) is 47.6 Å². The van der Waals surface area contributed by atoms with E-state index in [1.807, 2.05) is 12.3 Å². The van der Waals surface area contributed by atoms with Crippen LogP contribution in [0.25, 0.3) is 0 Å². The lowest BCUT2D eigenvalue weighted by Gasteiger charge is -2.07. The van der Waals surface area contributed by atoms with Crippen LogP contribution in [0.2, 0.25) is 0 Å². The van der Waals surface area contributed by atoms with Crippen molar-refractivity contribution in [3.05, 3.63) is 65.0 Å². The second-order valence-corrected chi connectivity index (χ2v) is 4.59. The smallest absolute Gasteiger partial charge is 0.0570 e. The van der Waals surface area contributed by atoms with E-state index < -0.39 is 0 Å². The molecule has 2 nitrogen and oxygen atoms in total. The molecule has 94 valence electrons. The standard InChI is InChI=1S/C15H17ClN2/c1-12-3-2-8-18-15(12)11-17-10-14-6-4-13(9-16)5-7-14/h2-8,17H,9-11H2,1H3. The maximum absolute atomic E-state index is 5.76. The van der Waals surface area contributed by atoms with Crippen molar-refractivity contribution < 1.29 is 0 Å². The SMILES string of the molecule is Cc1cccnc1CNCc1ccc(CCl)cc1. The monoisotopic (exact) mass is 260 g/mol. The van der Waals surface area contributed by atoms with E-state index in [9.17, 15) is 0 Å². The Kier molecular flexibility index (Phi) is 4.73. The molecule has 0 saturated carbocycles. The Labute approximate surface area is 113 Å². The summed E-state index contributed by atoms with van der Waals surface area (Å²) < 4.78 is 0. The highest BCUT2D eigenvalue weighted by atomic mass is 35.5. The second-order valence-electron chi connectivity index (χ2n) is 4.32. The van der Waals surface area contributed by atoms with Crippen molar-refractivity contribution in [3.8, 4) is 0 Å². The molecule has 18 heavy (non-hydrogen) atoms. The van der Waals surface area contributed by atoms with Crippen LogP contribution in [0, 0.1) is 6.92 Å². The number of halogens is 1. The van der Waals surface area contributed by atoms with E-state index in [-0.39, 0.29) is 0 Å². The minimum Gasteiger partial charge on any atom is -0.307 e. The molecule has 0 aliphatic carbocycles. The average Bonchev–Trinajstić information content (AvgIpc) is 2.42. The predicted octanol–water partition coefficient (Wildman–Crippen LogP) is 3.42. The highest BCUT2D eigenvalue weighted by Gasteiger charge is 1.98. The molecule has 1 heterocycles. The zero-order valence-corrected chi connectivity index (χ0v) is 11.2. The quantitative estimate of drug-likeness (QED) is 0.834. The minimum absolute atomic E-state index is 0.570. The summed E-state index contributed by atoms with van der Waals surface area (Å²) >= 11 is 5.76. The number of nitrogens with one attached hydrogen (secondary N) is 1. The number of hydrogen-bond acceptors (Lipinski definition) is 2. The Morgan fingerprint density at radius 3 is 2.44 bits per heavy atom. The molecule has 0 aliphatic heterocycles. The van der Waals surface area contributed by atoms with Gasteiger partial charge in [0.15, 0.2) is 0 Å². The first kappa shape index (κ1) is 13.1. The van der Waals surface area contributed by atoms with Gasteiger partial charge in [0.25, 0.3) is 0 Å². The molecule has 0 unspecified atom stereocenters. The van der Waals surface area contributed by atoms with E-state index in [4.69, 9.17) is 11.6 Å². The van der Waals surface area contributed by atoms with Crippen molar-refractivity contribution in [1.82, 2.24) is 10.3 Å². The van der Waals surface area contributed by atoms with Gasteiger partial charge in [-0.2, -0.15) is 0 Å². The Morgan fingerprint density at radius 1 is 1.06 bits per heavy atom. The normalized spacial score (nSPS) is 10.6. The van der Waals surface area contributed by atoms with E-state index >= 15 is 0 Å². The van der Waals surface area contributed by atoms with Crippen molar-refractivity contribution in [2.45, 2.75) is 25.9 Å². The molecule has 2 rings (SSSR count). The van der Waals surface area contributed by atoms with Gasteiger partial charge < -0.3 is 5.32 Å². The summed E-state index contributed by atoms with van der Waals surface area (Å²) in [5, 5.41) is 3.40. The maximum atomic E-state index is 5.76. The van der Waals surface area contributed by atoms with E-state index in [0.29, 0.717) is 5.88 Å². The molecule has 0 bridgehead atoms. The van der Waals surface area contributed by atoms with Crippen LogP contribution in [0.5, 0.6) is 0 Å². The molecule has 0 fully saturated rings. The van der Waals surface area contributed by atoms with Gasteiger partial charge in [-0.25, -0.2) is 0 Å². The van der Waals surface area contributed by atoms with Crippen LogP contribution in [0.1, 0.15) is 22.4 Å². The highest BCUT2D eigenvalue weighted by Crippen LogP contribution is 2.07. The zero-order valence-electron chi connectivity index (χ0n) is 10.5. The van der Waals surface area contributed by atoms with Gasteiger partial charge in [-0.3, -0.25) is 4.98 Å². The maximum Gasteiger partial charge on any atom is 0.0570 e. The van der Waals surface area contributed by atoms with Crippen molar-refractivity contribution in [1.29, 1.82) is 0 Å². The zero-order chi connectivity index (χ0) is 12.8. The number of alkyl halides is 1. The third-order valence-corrected chi connectivity index (χ3v) is 3.23. The Morgan fingerprint density at radius 2 is 1.78 bits per heavy atom. The van der Waals surface area contributed by atoms with Crippen LogP contribution < -0.4 is 5.32 Å². The van der Waals surface area contributed by atoms with Gasteiger partial charge in [0.1, 0.15) is 0 Å². The van der Waals surface area contributed by atoms with Crippen LogP contribution >= 0.6 is 11.6 Å². The van der Waals surface area contributed by atoms with Crippen molar-refractivity contribution in [2.75, 3.05) is 0 Å².